The van der Waals surface area contributed by atoms with Crippen molar-refractivity contribution in [1.82, 2.24) is 15.5 Å². The first kappa shape index (κ1) is 20.2. The van der Waals surface area contributed by atoms with Crippen molar-refractivity contribution in [1.29, 1.82) is 0 Å². The molecule has 1 aromatic rings. The van der Waals surface area contributed by atoms with Crippen LogP contribution in [0.4, 0.5) is 5.69 Å². The smallest absolute Gasteiger partial charge is 0.309 e. The second kappa shape index (κ2) is 10.1. The molecule has 26 heavy (non-hydrogen) atoms. The van der Waals surface area contributed by atoms with E-state index in [0.717, 1.165) is 37.2 Å². The lowest BCUT2D eigenvalue weighted by atomic mass is 10.0. The highest BCUT2D eigenvalue weighted by atomic mass is 16.3. The topological polar surface area (TPSA) is 84.9 Å². The van der Waals surface area contributed by atoms with Gasteiger partial charge in [-0.2, -0.15) is 0 Å². The molecule has 0 aliphatic carbocycles. The van der Waals surface area contributed by atoms with Gasteiger partial charge >= 0.3 is 11.8 Å². The molecule has 7 heteroatoms. The number of anilines is 1. The molecule has 0 aromatic heterocycles. The zero-order valence-electron chi connectivity index (χ0n) is 15.7. The number of rotatable bonds is 8. The number of hydrogen-bond donors (Lipinski definition) is 3. The van der Waals surface area contributed by atoms with E-state index >= 15 is 0 Å². The van der Waals surface area contributed by atoms with Gasteiger partial charge in [0.15, 0.2) is 0 Å². The highest BCUT2D eigenvalue weighted by molar-refractivity contribution is 6.35. The quantitative estimate of drug-likeness (QED) is 0.463. The molecule has 1 atom stereocenters. The Bertz CT molecular complexity index is 583. The Balaban J connectivity index is 1.99. The first-order valence-electron chi connectivity index (χ1n) is 9.21. The maximum absolute atomic E-state index is 12.0. The number of hydrogen-bond acceptors (Lipinski definition) is 5. The van der Waals surface area contributed by atoms with Crippen LogP contribution in [-0.2, 0) is 9.59 Å². The van der Waals surface area contributed by atoms with Crippen molar-refractivity contribution in [2.75, 3.05) is 51.8 Å². The molecule has 1 aliphatic heterocycles. The van der Waals surface area contributed by atoms with E-state index in [1.807, 2.05) is 19.0 Å². The molecule has 0 saturated carbocycles. The highest BCUT2D eigenvalue weighted by Crippen LogP contribution is 2.26. The second-order valence-corrected chi connectivity index (χ2v) is 6.79. The Morgan fingerprint density at radius 1 is 1.12 bits per heavy atom. The molecule has 1 saturated heterocycles. The van der Waals surface area contributed by atoms with Crippen molar-refractivity contribution in [3.8, 4) is 0 Å². The minimum absolute atomic E-state index is 0.0120. The van der Waals surface area contributed by atoms with E-state index in [0.29, 0.717) is 19.5 Å². The van der Waals surface area contributed by atoms with Crippen molar-refractivity contribution in [3.05, 3.63) is 29.8 Å². The maximum atomic E-state index is 12.0. The van der Waals surface area contributed by atoms with E-state index in [-0.39, 0.29) is 12.6 Å². The van der Waals surface area contributed by atoms with E-state index in [1.165, 1.54) is 0 Å². The number of carbonyl (C=O) groups is 2. The Kier molecular flexibility index (Phi) is 7.87. The lowest BCUT2D eigenvalue weighted by molar-refractivity contribution is -0.139. The van der Waals surface area contributed by atoms with Crippen LogP contribution in [0.2, 0.25) is 0 Å². The van der Waals surface area contributed by atoms with Crippen LogP contribution in [0.3, 0.4) is 0 Å². The molecular weight excluding hydrogens is 332 g/mol. The van der Waals surface area contributed by atoms with Gasteiger partial charge in [0.2, 0.25) is 0 Å². The molecule has 3 N–H and O–H groups in total. The van der Waals surface area contributed by atoms with E-state index in [4.69, 9.17) is 5.11 Å². The summed E-state index contributed by atoms with van der Waals surface area (Å²) in [7, 11) is 4.01. The molecule has 7 nitrogen and oxygen atoms in total. The standard InChI is InChI=1S/C19H30N4O3/c1-22(2)16-8-6-15(7-9-16)17(23-11-3-4-12-23)14-21-19(26)18(25)20-10-5-13-24/h6-9,17,24H,3-5,10-14H2,1-2H3,(H,20,25)(H,21,26)/t17-/m0/s1. The van der Waals surface area contributed by atoms with E-state index in [1.54, 1.807) is 0 Å². The Labute approximate surface area is 155 Å². The summed E-state index contributed by atoms with van der Waals surface area (Å²) < 4.78 is 0. The van der Waals surface area contributed by atoms with Crippen LogP contribution in [0.1, 0.15) is 30.9 Å². The van der Waals surface area contributed by atoms with Crippen molar-refractivity contribution in [3.63, 3.8) is 0 Å². The third kappa shape index (κ3) is 5.71. The summed E-state index contributed by atoms with van der Waals surface area (Å²) in [5.41, 5.74) is 2.26. The average Bonchev–Trinajstić information content (AvgIpc) is 3.16. The lowest BCUT2D eigenvalue weighted by Crippen LogP contribution is -2.44. The van der Waals surface area contributed by atoms with E-state index < -0.39 is 11.8 Å². The summed E-state index contributed by atoms with van der Waals surface area (Å²) in [6.07, 6.45) is 2.75. The van der Waals surface area contributed by atoms with E-state index in [9.17, 15) is 9.59 Å². The van der Waals surface area contributed by atoms with Gasteiger partial charge in [-0.25, -0.2) is 0 Å². The van der Waals surface area contributed by atoms with Crippen LogP contribution < -0.4 is 15.5 Å². The number of amides is 2. The Morgan fingerprint density at radius 3 is 2.31 bits per heavy atom. The Morgan fingerprint density at radius 2 is 1.73 bits per heavy atom. The zero-order chi connectivity index (χ0) is 18.9. The van der Waals surface area contributed by atoms with Gasteiger partial charge in [-0.3, -0.25) is 14.5 Å². The molecule has 1 heterocycles. The number of carbonyl (C=O) groups excluding carboxylic acids is 2. The largest absolute Gasteiger partial charge is 0.396 e. The second-order valence-electron chi connectivity index (χ2n) is 6.79. The molecule has 2 rings (SSSR count). The normalized spacial score (nSPS) is 15.5. The number of benzene rings is 1. The van der Waals surface area contributed by atoms with Gasteiger partial charge in [-0.1, -0.05) is 12.1 Å². The summed E-state index contributed by atoms with van der Waals surface area (Å²) in [6, 6.07) is 8.38. The van der Waals surface area contributed by atoms with Gasteiger partial charge in [0, 0.05) is 39.5 Å². The van der Waals surface area contributed by atoms with Gasteiger partial charge in [0.05, 0.1) is 6.04 Å². The number of nitrogens with one attached hydrogen (secondary N) is 2. The fraction of sp³-hybridized carbons (Fsp3) is 0.579. The number of aliphatic hydroxyl groups excluding tert-OH is 1. The highest BCUT2D eigenvalue weighted by Gasteiger charge is 2.25. The van der Waals surface area contributed by atoms with Crippen molar-refractivity contribution in [2.45, 2.75) is 25.3 Å². The molecular formula is C19H30N4O3. The summed E-state index contributed by atoms with van der Waals surface area (Å²) in [4.78, 5) is 28.2. The average molecular weight is 362 g/mol. The number of nitrogens with zero attached hydrogens (tertiary/aromatic N) is 2. The van der Waals surface area contributed by atoms with Gasteiger partial charge in [0.25, 0.3) is 0 Å². The van der Waals surface area contributed by atoms with E-state index in [2.05, 4.69) is 39.8 Å². The van der Waals surface area contributed by atoms with Crippen LogP contribution in [0, 0.1) is 0 Å². The van der Waals surface area contributed by atoms with Crippen LogP contribution >= 0.6 is 0 Å². The maximum Gasteiger partial charge on any atom is 0.309 e. The predicted octanol–water partition coefficient (Wildman–Crippen LogP) is 0.504. The molecule has 1 aromatic carbocycles. The summed E-state index contributed by atoms with van der Waals surface area (Å²) in [5, 5.41) is 14.0. The predicted molar refractivity (Wildman–Crippen MR) is 102 cm³/mol. The van der Waals surface area contributed by atoms with Crippen LogP contribution in [0.15, 0.2) is 24.3 Å². The summed E-state index contributed by atoms with van der Waals surface area (Å²) >= 11 is 0. The SMILES string of the molecule is CN(C)c1ccc([C@H](CNC(=O)C(=O)NCCCO)N2CCCC2)cc1. The van der Waals surface area contributed by atoms with Crippen molar-refractivity contribution in [2.24, 2.45) is 0 Å². The first-order valence-corrected chi connectivity index (χ1v) is 9.21. The third-order valence-electron chi connectivity index (χ3n) is 4.66. The number of aliphatic hydroxyl groups is 1. The molecule has 1 aliphatic rings. The summed E-state index contributed by atoms with van der Waals surface area (Å²) in [6.45, 7) is 2.68. The lowest BCUT2D eigenvalue weighted by Gasteiger charge is -2.28. The molecule has 1 fully saturated rings. The van der Waals surface area contributed by atoms with Crippen molar-refractivity contribution < 1.29 is 14.7 Å². The molecule has 2 amide bonds. The molecule has 0 bridgehead atoms. The van der Waals surface area contributed by atoms with Crippen LogP contribution in [-0.4, -0.2) is 68.7 Å². The monoisotopic (exact) mass is 362 g/mol. The molecule has 0 unspecified atom stereocenters. The fourth-order valence-corrected chi connectivity index (χ4v) is 3.14. The van der Waals surface area contributed by atoms with Crippen LogP contribution in [0.25, 0.3) is 0 Å². The molecule has 144 valence electrons. The van der Waals surface area contributed by atoms with Gasteiger partial charge in [-0.15, -0.1) is 0 Å². The van der Waals surface area contributed by atoms with Crippen LogP contribution in [0.5, 0.6) is 0 Å². The van der Waals surface area contributed by atoms with Gasteiger partial charge in [0.1, 0.15) is 0 Å². The first-order chi connectivity index (χ1) is 12.5. The minimum atomic E-state index is -0.651. The third-order valence-corrected chi connectivity index (χ3v) is 4.66. The zero-order valence-corrected chi connectivity index (χ0v) is 15.7. The number of likely N-dealkylation sites (tertiary alicyclic amines) is 1. The van der Waals surface area contributed by atoms with Gasteiger partial charge in [-0.05, 0) is 50.0 Å². The Hall–Kier alpha value is -2.12. The van der Waals surface area contributed by atoms with Gasteiger partial charge < -0.3 is 20.6 Å². The molecule has 0 radical (unpaired) electrons. The minimum Gasteiger partial charge on any atom is -0.396 e. The fourth-order valence-electron chi connectivity index (χ4n) is 3.14. The summed E-state index contributed by atoms with van der Waals surface area (Å²) in [5.74, 6) is -1.28. The molecule has 0 spiro atoms. The van der Waals surface area contributed by atoms with Crippen molar-refractivity contribution >= 4 is 17.5 Å².